The van der Waals surface area contributed by atoms with E-state index in [9.17, 15) is 9.59 Å². The molecular formula is C25H30N2O3. The van der Waals surface area contributed by atoms with Gasteiger partial charge in [-0.2, -0.15) is 0 Å². The van der Waals surface area contributed by atoms with Crippen molar-refractivity contribution in [3.8, 4) is 0 Å². The Morgan fingerprint density at radius 1 is 1.03 bits per heavy atom. The van der Waals surface area contributed by atoms with Gasteiger partial charge in [0.15, 0.2) is 0 Å². The third kappa shape index (κ3) is 3.99. The Labute approximate surface area is 178 Å². The Bertz CT molecular complexity index is 917. The molecule has 0 atom stereocenters. The summed E-state index contributed by atoms with van der Waals surface area (Å²) in [6.45, 7) is 6.40. The molecule has 158 valence electrons. The third-order valence-corrected chi connectivity index (χ3v) is 6.39. The lowest BCUT2D eigenvalue weighted by Crippen LogP contribution is -2.44. The molecule has 0 aromatic heterocycles. The van der Waals surface area contributed by atoms with Gasteiger partial charge in [0.05, 0.1) is 5.41 Å². The van der Waals surface area contributed by atoms with Gasteiger partial charge < -0.3 is 15.0 Å². The number of carbonyl (C=O) groups is 2. The van der Waals surface area contributed by atoms with Crippen LogP contribution in [0.3, 0.4) is 0 Å². The van der Waals surface area contributed by atoms with Gasteiger partial charge in [-0.05, 0) is 48.1 Å². The first-order chi connectivity index (χ1) is 14.5. The minimum atomic E-state index is -0.574. The van der Waals surface area contributed by atoms with E-state index < -0.39 is 5.41 Å². The van der Waals surface area contributed by atoms with Gasteiger partial charge in [-0.25, -0.2) is 0 Å². The van der Waals surface area contributed by atoms with E-state index in [4.69, 9.17) is 4.74 Å². The fourth-order valence-electron chi connectivity index (χ4n) is 4.56. The first-order valence-electron chi connectivity index (χ1n) is 10.8. The van der Waals surface area contributed by atoms with Crippen LogP contribution in [-0.2, 0) is 32.7 Å². The summed E-state index contributed by atoms with van der Waals surface area (Å²) in [5, 5.41) is 3.17. The molecule has 2 aliphatic heterocycles. The average Bonchev–Trinajstić information content (AvgIpc) is 2.79. The lowest BCUT2D eigenvalue weighted by molar-refractivity contribution is -0.135. The molecule has 2 heterocycles. The number of nitrogens with zero attached hydrogens (tertiary/aromatic N) is 1. The number of fused-ring (bicyclic) bond motifs is 1. The van der Waals surface area contributed by atoms with E-state index in [1.165, 1.54) is 5.56 Å². The molecular weight excluding hydrogens is 376 g/mol. The molecule has 2 aromatic carbocycles. The fraction of sp³-hybridized carbons (Fsp3) is 0.440. The maximum Gasteiger partial charge on any atom is 0.235 e. The zero-order chi connectivity index (χ0) is 21.1. The molecule has 1 fully saturated rings. The Morgan fingerprint density at radius 2 is 1.77 bits per heavy atom. The number of hydrogen-bond acceptors (Lipinski definition) is 3. The van der Waals surface area contributed by atoms with E-state index in [-0.39, 0.29) is 17.7 Å². The van der Waals surface area contributed by atoms with Crippen molar-refractivity contribution in [3.05, 3.63) is 65.2 Å². The van der Waals surface area contributed by atoms with Crippen LogP contribution in [0.2, 0.25) is 0 Å². The lowest BCUT2D eigenvalue weighted by atomic mass is 9.73. The molecule has 0 saturated carbocycles. The molecule has 0 radical (unpaired) electrons. The first kappa shape index (κ1) is 20.6. The summed E-state index contributed by atoms with van der Waals surface area (Å²) < 4.78 is 5.56. The molecule has 2 aromatic rings. The summed E-state index contributed by atoms with van der Waals surface area (Å²) in [5.74, 6) is 0.192. The van der Waals surface area contributed by atoms with Gasteiger partial charge in [0.1, 0.15) is 0 Å². The Morgan fingerprint density at radius 3 is 2.47 bits per heavy atom. The highest BCUT2D eigenvalue weighted by atomic mass is 16.5. The van der Waals surface area contributed by atoms with Gasteiger partial charge in [0.2, 0.25) is 11.8 Å². The van der Waals surface area contributed by atoms with Crippen molar-refractivity contribution in [1.29, 1.82) is 0 Å². The van der Waals surface area contributed by atoms with E-state index in [0.717, 1.165) is 29.8 Å². The maximum atomic E-state index is 13.5. The van der Waals surface area contributed by atoms with Crippen LogP contribution < -0.4 is 5.32 Å². The van der Waals surface area contributed by atoms with Crippen LogP contribution in [0.15, 0.2) is 48.5 Å². The summed E-state index contributed by atoms with van der Waals surface area (Å²) in [5.41, 5.74) is 3.63. The number of benzene rings is 2. The van der Waals surface area contributed by atoms with Crippen LogP contribution in [0.25, 0.3) is 0 Å². The van der Waals surface area contributed by atoms with Crippen LogP contribution in [0.5, 0.6) is 0 Å². The minimum Gasteiger partial charge on any atom is -0.381 e. The van der Waals surface area contributed by atoms with Crippen LogP contribution in [-0.4, -0.2) is 36.5 Å². The van der Waals surface area contributed by atoms with Crippen molar-refractivity contribution in [1.82, 2.24) is 4.90 Å². The molecule has 30 heavy (non-hydrogen) atoms. The summed E-state index contributed by atoms with van der Waals surface area (Å²) in [7, 11) is 0. The van der Waals surface area contributed by atoms with E-state index in [2.05, 4.69) is 11.4 Å². The smallest absolute Gasteiger partial charge is 0.235 e. The van der Waals surface area contributed by atoms with Crippen molar-refractivity contribution in [3.63, 3.8) is 0 Å². The minimum absolute atomic E-state index is 0.00585. The molecule has 0 aliphatic carbocycles. The number of amides is 2. The summed E-state index contributed by atoms with van der Waals surface area (Å²) in [6.07, 6.45) is 2.20. The van der Waals surface area contributed by atoms with Crippen LogP contribution >= 0.6 is 0 Å². The second-order valence-electron chi connectivity index (χ2n) is 8.66. The number of carbonyl (C=O) groups excluding carboxylic acids is 2. The van der Waals surface area contributed by atoms with E-state index in [0.29, 0.717) is 32.6 Å². The van der Waals surface area contributed by atoms with Crippen LogP contribution in [0.4, 0.5) is 5.69 Å². The normalized spacial score (nSPS) is 18.0. The van der Waals surface area contributed by atoms with Crippen LogP contribution in [0.1, 0.15) is 43.4 Å². The predicted octanol–water partition coefficient (Wildman–Crippen LogP) is 3.91. The van der Waals surface area contributed by atoms with Gasteiger partial charge in [-0.15, -0.1) is 0 Å². The molecule has 4 rings (SSSR count). The summed E-state index contributed by atoms with van der Waals surface area (Å²) in [4.78, 5) is 27.8. The van der Waals surface area contributed by atoms with Gasteiger partial charge in [0.25, 0.3) is 0 Å². The maximum absolute atomic E-state index is 13.5. The molecule has 1 saturated heterocycles. The highest BCUT2D eigenvalue weighted by molar-refractivity contribution is 5.99. The van der Waals surface area contributed by atoms with Gasteiger partial charge in [0, 0.05) is 37.9 Å². The Kier molecular flexibility index (Phi) is 5.91. The van der Waals surface area contributed by atoms with Crippen molar-refractivity contribution in [2.45, 2.75) is 45.1 Å². The highest BCUT2D eigenvalue weighted by Gasteiger charge is 2.41. The largest absolute Gasteiger partial charge is 0.381 e. The highest BCUT2D eigenvalue weighted by Crippen LogP contribution is 2.36. The second kappa shape index (κ2) is 8.60. The van der Waals surface area contributed by atoms with Gasteiger partial charge in [-0.1, -0.05) is 50.2 Å². The molecule has 0 spiro atoms. The summed E-state index contributed by atoms with van der Waals surface area (Å²) in [6, 6.07) is 16.1. The van der Waals surface area contributed by atoms with Gasteiger partial charge in [-0.3, -0.25) is 9.59 Å². The number of anilines is 1. The number of nitrogens with one attached hydrogen (secondary N) is 1. The van der Waals surface area contributed by atoms with E-state index in [1.54, 1.807) is 0 Å². The molecule has 0 bridgehead atoms. The van der Waals surface area contributed by atoms with Crippen molar-refractivity contribution in [2.75, 3.05) is 25.1 Å². The van der Waals surface area contributed by atoms with Crippen molar-refractivity contribution >= 4 is 17.5 Å². The quantitative estimate of drug-likeness (QED) is 0.837. The molecule has 2 amide bonds. The average molecular weight is 407 g/mol. The molecule has 0 unspecified atom stereocenters. The summed E-state index contributed by atoms with van der Waals surface area (Å²) >= 11 is 0. The topological polar surface area (TPSA) is 58.6 Å². The van der Waals surface area contributed by atoms with Crippen molar-refractivity contribution in [2.24, 2.45) is 5.92 Å². The first-order valence-corrected chi connectivity index (χ1v) is 10.8. The number of hydrogen-bond donors (Lipinski definition) is 1. The van der Waals surface area contributed by atoms with Gasteiger partial charge >= 0.3 is 0 Å². The number of rotatable bonds is 4. The van der Waals surface area contributed by atoms with Crippen LogP contribution in [0, 0.1) is 5.92 Å². The molecule has 5 nitrogen and oxygen atoms in total. The molecule has 5 heteroatoms. The zero-order valence-corrected chi connectivity index (χ0v) is 17.8. The SMILES string of the molecule is CC(C)C(=O)N1CCc2ccc(NC(=O)C3(c4ccccc4)CCOCC3)cc2C1. The second-order valence-corrected chi connectivity index (χ2v) is 8.66. The predicted molar refractivity (Wildman–Crippen MR) is 117 cm³/mol. The van der Waals surface area contributed by atoms with E-state index >= 15 is 0 Å². The Balaban J connectivity index is 1.56. The monoisotopic (exact) mass is 406 g/mol. The standard InChI is InChI=1S/C25H30N2O3/c1-18(2)23(28)27-13-10-19-8-9-22(16-20(19)17-27)26-24(29)25(11-14-30-15-12-25)21-6-4-3-5-7-21/h3-9,16,18H,10-15,17H2,1-2H3,(H,26,29). The lowest BCUT2D eigenvalue weighted by Gasteiger charge is -2.36. The third-order valence-electron chi connectivity index (χ3n) is 6.39. The zero-order valence-electron chi connectivity index (χ0n) is 17.8. The van der Waals surface area contributed by atoms with E-state index in [1.807, 2.05) is 61.2 Å². The molecule has 2 aliphatic rings. The molecule has 1 N–H and O–H groups in total. The number of ether oxygens (including phenoxy) is 1. The Hall–Kier alpha value is -2.66. The fourth-order valence-corrected chi connectivity index (χ4v) is 4.56. The van der Waals surface area contributed by atoms with Crippen molar-refractivity contribution < 1.29 is 14.3 Å².